The molecule has 8 heteroatoms. The fourth-order valence-corrected chi connectivity index (χ4v) is 2.80. The van der Waals surface area contributed by atoms with E-state index in [0.717, 1.165) is 21.9 Å². The topological polar surface area (TPSA) is 99.5 Å². The Hall–Kier alpha value is -3.94. The number of benzene rings is 2. The molecule has 0 atom stereocenters. The maximum atomic E-state index is 12.6. The maximum Gasteiger partial charge on any atom is 0.362 e. The summed E-state index contributed by atoms with van der Waals surface area (Å²) < 4.78 is 11.6. The van der Waals surface area contributed by atoms with Crippen molar-refractivity contribution in [2.24, 2.45) is 0 Å². The van der Waals surface area contributed by atoms with Gasteiger partial charge in [0.1, 0.15) is 0 Å². The van der Waals surface area contributed by atoms with Crippen LogP contribution in [0.4, 0.5) is 5.69 Å². The molecule has 8 nitrogen and oxygen atoms in total. The van der Waals surface area contributed by atoms with Crippen LogP contribution in [-0.4, -0.2) is 34.9 Å². The van der Waals surface area contributed by atoms with Crippen molar-refractivity contribution in [3.8, 4) is 11.4 Å². The van der Waals surface area contributed by atoms with Crippen molar-refractivity contribution in [2.45, 2.75) is 20.8 Å². The van der Waals surface area contributed by atoms with Gasteiger partial charge in [-0.3, -0.25) is 9.59 Å². The summed E-state index contributed by atoms with van der Waals surface area (Å²) in [6, 6.07) is 15.5. The predicted molar refractivity (Wildman–Crippen MR) is 116 cm³/mol. The van der Waals surface area contributed by atoms with Crippen LogP contribution in [0.5, 0.6) is 5.75 Å². The van der Waals surface area contributed by atoms with E-state index in [1.165, 1.54) is 0 Å². The molecule has 0 radical (unpaired) electrons. The Balaban J connectivity index is 1.86. The van der Waals surface area contributed by atoms with Crippen LogP contribution in [0.15, 0.2) is 59.4 Å². The predicted octanol–water partition coefficient (Wildman–Crippen LogP) is 3.04. The third-order valence-electron chi connectivity index (χ3n) is 4.42. The lowest BCUT2D eigenvalue weighted by atomic mass is 10.2. The summed E-state index contributed by atoms with van der Waals surface area (Å²) in [5.41, 5.74) is 2.35. The fourth-order valence-electron chi connectivity index (χ4n) is 2.80. The molecule has 31 heavy (non-hydrogen) atoms. The second kappa shape index (κ2) is 9.71. The molecule has 2 aromatic carbocycles. The highest BCUT2D eigenvalue weighted by Gasteiger charge is 2.20. The van der Waals surface area contributed by atoms with Gasteiger partial charge in [-0.05, 0) is 44.5 Å². The molecule has 0 unspecified atom stereocenters. The molecule has 0 aliphatic heterocycles. The van der Waals surface area contributed by atoms with Crippen LogP contribution in [0, 0.1) is 13.8 Å². The largest absolute Gasteiger partial charge is 0.481 e. The van der Waals surface area contributed by atoms with Gasteiger partial charge in [0, 0.05) is 5.69 Å². The molecule has 1 aromatic heterocycles. The number of anilines is 1. The monoisotopic (exact) mass is 421 g/mol. The van der Waals surface area contributed by atoms with Gasteiger partial charge in [0.25, 0.3) is 11.5 Å². The minimum absolute atomic E-state index is 0.119. The molecule has 1 amide bonds. The number of carbonyl (C=O) groups is 2. The van der Waals surface area contributed by atoms with E-state index in [9.17, 15) is 14.4 Å². The van der Waals surface area contributed by atoms with Crippen molar-refractivity contribution >= 4 is 17.6 Å². The highest BCUT2D eigenvalue weighted by Crippen LogP contribution is 2.17. The van der Waals surface area contributed by atoms with Crippen molar-refractivity contribution in [3.63, 3.8) is 0 Å². The quantitative estimate of drug-likeness (QED) is 0.589. The Morgan fingerprint density at radius 3 is 2.45 bits per heavy atom. The lowest BCUT2D eigenvalue weighted by Gasteiger charge is -2.13. The van der Waals surface area contributed by atoms with Crippen molar-refractivity contribution < 1.29 is 19.1 Å². The van der Waals surface area contributed by atoms with Gasteiger partial charge in [-0.1, -0.05) is 35.9 Å². The van der Waals surface area contributed by atoms with Crippen LogP contribution < -0.4 is 15.6 Å². The van der Waals surface area contributed by atoms with Gasteiger partial charge in [-0.2, -0.15) is 9.78 Å². The third-order valence-corrected chi connectivity index (χ3v) is 4.42. The van der Waals surface area contributed by atoms with Gasteiger partial charge in [-0.15, -0.1) is 0 Å². The van der Waals surface area contributed by atoms with Gasteiger partial charge < -0.3 is 14.8 Å². The number of ether oxygens (including phenoxy) is 2. The standard InChI is InChI=1S/C23H23N3O5/c1-4-30-23(29)22-19(31-14-20(27)24-18-8-6-5-7-16(18)3)13-21(28)26(25-22)17-11-9-15(2)10-12-17/h5-13H,4,14H2,1-3H3,(H,24,27). The highest BCUT2D eigenvalue weighted by molar-refractivity contribution is 5.93. The van der Waals surface area contributed by atoms with Crippen molar-refractivity contribution in [1.82, 2.24) is 9.78 Å². The van der Waals surface area contributed by atoms with Gasteiger partial charge in [0.05, 0.1) is 18.4 Å². The molecular weight excluding hydrogens is 398 g/mol. The first-order chi connectivity index (χ1) is 14.9. The SMILES string of the molecule is CCOC(=O)c1nn(-c2ccc(C)cc2)c(=O)cc1OCC(=O)Nc1ccccc1C. The lowest BCUT2D eigenvalue weighted by Crippen LogP contribution is -2.27. The Labute approximate surface area is 179 Å². The molecule has 0 fully saturated rings. The number of esters is 1. The maximum absolute atomic E-state index is 12.6. The molecule has 0 aliphatic rings. The molecule has 160 valence electrons. The van der Waals surface area contributed by atoms with E-state index >= 15 is 0 Å². The van der Waals surface area contributed by atoms with Crippen molar-refractivity contribution in [1.29, 1.82) is 0 Å². The van der Waals surface area contributed by atoms with E-state index in [1.807, 2.05) is 38.1 Å². The zero-order chi connectivity index (χ0) is 22.4. The number of carbonyl (C=O) groups excluding carboxylic acids is 2. The smallest absolute Gasteiger partial charge is 0.362 e. The zero-order valence-electron chi connectivity index (χ0n) is 17.5. The Morgan fingerprint density at radius 1 is 1.06 bits per heavy atom. The van der Waals surface area contributed by atoms with E-state index < -0.39 is 24.0 Å². The van der Waals surface area contributed by atoms with E-state index in [1.54, 1.807) is 31.2 Å². The number of hydrogen-bond donors (Lipinski definition) is 1. The Morgan fingerprint density at radius 2 is 1.77 bits per heavy atom. The first-order valence-electron chi connectivity index (χ1n) is 9.76. The molecule has 0 saturated carbocycles. The first kappa shape index (κ1) is 21.8. The summed E-state index contributed by atoms with van der Waals surface area (Å²) >= 11 is 0. The number of hydrogen-bond acceptors (Lipinski definition) is 6. The molecular formula is C23H23N3O5. The summed E-state index contributed by atoms with van der Waals surface area (Å²) in [5, 5.41) is 6.87. The van der Waals surface area contributed by atoms with E-state index in [-0.39, 0.29) is 18.1 Å². The Bertz CT molecular complexity index is 1150. The first-order valence-corrected chi connectivity index (χ1v) is 9.76. The normalized spacial score (nSPS) is 10.4. The van der Waals surface area contributed by atoms with E-state index in [2.05, 4.69) is 10.4 Å². The number of aryl methyl sites for hydroxylation is 2. The molecule has 0 saturated heterocycles. The summed E-state index contributed by atoms with van der Waals surface area (Å²) in [6.07, 6.45) is 0. The second-order valence-electron chi connectivity index (χ2n) is 6.82. The lowest BCUT2D eigenvalue weighted by molar-refractivity contribution is -0.118. The number of rotatable bonds is 7. The van der Waals surface area contributed by atoms with Gasteiger partial charge in [0.15, 0.2) is 12.4 Å². The van der Waals surface area contributed by atoms with Crippen molar-refractivity contribution in [2.75, 3.05) is 18.5 Å². The molecule has 1 N–H and O–H groups in total. The van der Waals surface area contributed by atoms with Crippen LogP contribution in [-0.2, 0) is 9.53 Å². The minimum Gasteiger partial charge on any atom is -0.481 e. The van der Waals surface area contributed by atoms with Crippen LogP contribution in [0.1, 0.15) is 28.5 Å². The van der Waals surface area contributed by atoms with Crippen LogP contribution in [0.2, 0.25) is 0 Å². The molecule has 1 heterocycles. The number of amides is 1. The molecule has 0 spiro atoms. The van der Waals surface area contributed by atoms with Crippen molar-refractivity contribution in [3.05, 3.63) is 81.8 Å². The summed E-state index contributed by atoms with van der Waals surface area (Å²) in [5.74, 6) is -1.31. The summed E-state index contributed by atoms with van der Waals surface area (Å²) in [4.78, 5) is 37.3. The molecule has 3 rings (SSSR count). The van der Waals surface area contributed by atoms with E-state index in [4.69, 9.17) is 9.47 Å². The number of para-hydroxylation sites is 1. The molecule has 0 aliphatic carbocycles. The van der Waals surface area contributed by atoms with Gasteiger partial charge in [0.2, 0.25) is 5.69 Å². The second-order valence-corrected chi connectivity index (χ2v) is 6.82. The van der Waals surface area contributed by atoms with Crippen LogP contribution in [0.3, 0.4) is 0 Å². The average Bonchev–Trinajstić information content (AvgIpc) is 2.75. The minimum atomic E-state index is -0.752. The summed E-state index contributed by atoms with van der Waals surface area (Å²) in [6.45, 7) is 5.16. The molecule has 3 aromatic rings. The molecule has 0 bridgehead atoms. The van der Waals surface area contributed by atoms with Crippen LogP contribution >= 0.6 is 0 Å². The Kier molecular flexibility index (Phi) is 6.81. The van der Waals surface area contributed by atoms with Gasteiger partial charge in [-0.25, -0.2) is 4.79 Å². The number of nitrogens with zero attached hydrogens (tertiary/aromatic N) is 2. The number of nitrogens with one attached hydrogen (secondary N) is 1. The summed E-state index contributed by atoms with van der Waals surface area (Å²) in [7, 11) is 0. The average molecular weight is 421 g/mol. The zero-order valence-corrected chi connectivity index (χ0v) is 17.5. The number of aromatic nitrogens is 2. The fraction of sp³-hybridized carbons (Fsp3) is 0.217. The van der Waals surface area contributed by atoms with E-state index in [0.29, 0.717) is 11.4 Å². The van der Waals surface area contributed by atoms with Gasteiger partial charge >= 0.3 is 5.97 Å². The third kappa shape index (κ3) is 5.36. The van der Waals surface area contributed by atoms with Crippen LogP contribution in [0.25, 0.3) is 5.69 Å². The highest BCUT2D eigenvalue weighted by atomic mass is 16.5.